The second kappa shape index (κ2) is 10.1. The fourth-order valence-corrected chi connectivity index (χ4v) is 2.59. The molecule has 28 heavy (non-hydrogen) atoms. The Labute approximate surface area is 183 Å². The Morgan fingerprint density at radius 1 is 1.04 bits per heavy atom. The van der Waals surface area contributed by atoms with E-state index in [1.165, 1.54) is 11.1 Å². The van der Waals surface area contributed by atoms with Crippen LogP contribution in [0, 0.1) is 20.8 Å². The monoisotopic (exact) mass is 488 g/mol. The lowest BCUT2D eigenvalue weighted by Gasteiger charge is -2.08. The van der Waals surface area contributed by atoms with Crippen molar-refractivity contribution in [2.24, 2.45) is 10.7 Å². The van der Waals surface area contributed by atoms with Crippen molar-refractivity contribution in [3.8, 4) is 11.6 Å². The molecule has 0 aliphatic rings. The molecule has 0 atom stereocenters. The average Bonchev–Trinajstić information content (AvgIpc) is 2.63. The van der Waals surface area contributed by atoms with Gasteiger partial charge < -0.3 is 15.8 Å². The third kappa shape index (κ3) is 6.23. The quantitative estimate of drug-likeness (QED) is 0.289. The second-order valence-electron chi connectivity index (χ2n) is 6.55. The molecule has 3 aromatic rings. The van der Waals surface area contributed by atoms with Gasteiger partial charge in [-0.05, 0) is 73.4 Å². The molecule has 3 rings (SSSR count). The van der Waals surface area contributed by atoms with E-state index in [0.29, 0.717) is 18.4 Å². The van der Waals surface area contributed by atoms with Gasteiger partial charge in [0.25, 0.3) is 0 Å². The van der Waals surface area contributed by atoms with Crippen molar-refractivity contribution in [2.75, 3.05) is 5.32 Å². The first-order chi connectivity index (χ1) is 13.0. The van der Waals surface area contributed by atoms with Gasteiger partial charge >= 0.3 is 0 Å². The zero-order chi connectivity index (χ0) is 19.2. The molecule has 0 radical (unpaired) electrons. The van der Waals surface area contributed by atoms with Crippen molar-refractivity contribution in [1.82, 2.24) is 4.98 Å². The molecule has 6 heteroatoms. The minimum atomic E-state index is 0. The van der Waals surface area contributed by atoms with Crippen LogP contribution in [0.2, 0.25) is 0 Å². The van der Waals surface area contributed by atoms with Gasteiger partial charge in [0, 0.05) is 18.0 Å². The van der Waals surface area contributed by atoms with E-state index in [0.717, 1.165) is 22.6 Å². The Kier molecular flexibility index (Phi) is 7.80. The largest absolute Gasteiger partial charge is 0.439 e. The number of pyridine rings is 1. The molecule has 0 spiro atoms. The molecule has 0 unspecified atom stereocenters. The van der Waals surface area contributed by atoms with Crippen molar-refractivity contribution < 1.29 is 4.74 Å². The highest BCUT2D eigenvalue weighted by molar-refractivity contribution is 14.0. The summed E-state index contributed by atoms with van der Waals surface area (Å²) in [6.07, 6.45) is 1.71. The number of hydrogen-bond acceptors (Lipinski definition) is 3. The van der Waals surface area contributed by atoms with E-state index in [2.05, 4.69) is 29.1 Å². The number of ether oxygens (including phenoxy) is 1. The number of nitrogens with one attached hydrogen (secondary N) is 1. The maximum Gasteiger partial charge on any atom is 0.219 e. The number of benzene rings is 2. The summed E-state index contributed by atoms with van der Waals surface area (Å²) in [5.41, 5.74) is 11.5. The number of nitrogens with two attached hydrogens (primary N) is 1. The predicted molar refractivity (Wildman–Crippen MR) is 126 cm³/mol. The number of anilines is 1. The van der Waals surface area contributed by atoms with Crippen LogP contribution >= 0.6 is 24.0 Å². The lowest BCUT2D eigenvalue weighted by molar-refractivity contribution is 0.461. The number of aliphatic imine (C=N–C) groups is 1. The van der Waals surface area contributed by atoms with Crippen molar-refractivity contribution >= 4 is 35.6 Å². The number of halogens is 1. The molecule has 2 aromatic carbocycles. The van der Waals surface area contributed by atoms with E-state index >= 15 is 0 Å². The van der Waals surface area contributed by atoms with Crippen LogP contribution in [-0.4, -0.2) is 10.9 Å². The number of hydrogen-bond donors (Lipinski definition) is 2. The molecule has 0 aliphatic carbocycles. The molecule has 0 bridgehead atoms. The molecule has 0 fully saturated rings. The highest BCUT2D eigenvalue weighted by Crippen LogP contribution is 2.23. The van der Waals surface area contributed by atoms with Gasteiger partial charge in [-0.15, -0.1) is 24.0 Å². The van der Waals surface area contributed by atoms with Crippen LogP contribution in [0.25, 0.3) is 0 Å². The van der Waals surface area contributed by atoms with Crippen molar-refractivity contribution in [2.45, 2.75) is 27.3 Å². The number of aryl methyl sites for hydroxylation is 3. The molecule has 0 saturated heterocycles. The Hall–Kier alpha value is -2.61. The molecular formula is C22H25IN4O. The molecule has 0 aliphatic heterocycles. The van der Waals surface area contributed by atoms with E-state index in [9.17, 15) is 0 Å². The van der Waals surface area contributed by atoms with Gasteiger partial charge in [0.1, 0.15) is 5.75 Å². The summed E-state index contributed by atoms with van der Waals surface area (Å²) in [5, 5.41) is 3.10. The van der Waals surface area contributed by atoms with E-state index in [4.69, 9.17) is 10.5 Å². The molecule has 5 nitrogen and oxygen atoms in total. The summed E-state index contributed by atoms with van der Waals surface area (Å²) in [4.78, 5) is 8.67. The number of rotatable bonds is 5. The first kappa shape index (κ1) is 21.7. The molecule has 0 saturated carbocycles. The minimum Gasteiger partial charge on any atom is -0.439 e. The van der Waals surface area contributed by atoms with Crippen LogP contribution < -0.4 is 15.8 Å². The summed E-state index contributed by atoms with van der Waals surface area (Å²) >= 11 is 0. The van der Waals surface area contributed by atoms with Crippen LogP contribution in [-0.2, 0) is 6.54 Å². The lowest BCUT2D eigenvalue weighted by Crippen LogP contribution is -2.22. The summed E-state index contributed by atoms with van der Waals surface area (Å²) < 4.78 is 5.86. The zero-order valence-electron chi connectivity index (χ0n) is 16.3. The molecular weight excluding hydrogens is 463 g/mol. The van der Waals surface area contributed by atoms with Crippen LogP contribution in [0.15, 0.2) is 65.8 Å². The maximum atomic E-state index is 5.99. The Morgan fingerprint density at radius 3 is 2.61 bits per heavy atom. The van der Waals surface area contributed by atoms with Crippen LogP contribution in [0.3, 0.4) is 0 Å². The Balaban J connectivity index is 0.00000280. The summed E-state index contributed by atoms with van der Waals surface area (Å²) in [6.45, 7) is 6.61. The lowest BCUT2D eigenvalue weighted by atomic mass is 10.1. The smallest absolute Gasteiger partial charge is 0.219 e. The van der Waals surface area contributed by atoms with Gasteiger partial charge in [-0.25, -0.2) is 9.98 Å². The van der Waals surface area contributed by atoms with Crippen molar-refractivity contribution in [3.63, 3.8) is 0 Å². The first-order valence-electron chi connectivity index (χ1n) is 8.83. The topological polar surface area (TPSA) is 72.5 Å². The van der Waals surface area contributed by atoms with Gasteiger partial charge in [-0.3, -0.25) is 0 Å². The third-order valence-electron chi connectivity index (χ3n) is 4.22. The average molecular weight is 488 g/mol. The summed E-state index contributed by atoms with van der Waals surface area (Å²) in [6, 6.07) is 17.7. The zero-order valence-corrected chi connectivity index (χ0v) is 18.6. The fraction of sp³-hybridized carbons (Fsp3) is 0.182. The predicted octanol–water partition coefficient (Wildman–Crippen LogP) is 5.34. The highest BCUT2D eigenvalue weighted by atomic mass is 127. The Bertz CT molecular complexity index is 972. The van der Waals surface area contributed by atoms with E-state index < -0.39 is 0 Å². The van der Waals surface area contributed by atoms with Crippen LogP contribution in [0.4, 0.5) is 5.69 Å². The molecule has 1 aromatic heterocycles. The Morgan fingerprint density at radius 2 is 1.86 bits per heavy atom. The number of nitrogens with zero attached hydrogens (tertiary/aromatic N) is 2. The minimum absolute atomic E-state index is 0. The van der Waals surface area contributed by atoms with E-state index in [1.807, 2.05) is 61.5 Å². The molecule has 146 valence electrons. The third-order valence-corrected chi connectivity index (χ3v) is 4.22. The summed E-state index contributed by atoms with van der Waals surface area (Å²) in [5.74, 6) is 1.68. The van der Waals surface area contributed by atoms with Gasteiger partial charge in [-0.2, -0.15) is 0 Å². The fourth-order valence-electron chi connectivity index (χ4n) is 2.59. The van der Waals surface area contributed by atoms with E-state index in [-0.39, 0.29) is 24.0 Å². The first-order valence-corrected chi connectivity index (χ1v) is 8.83. The molecule has 0 amide bonds. The summed E-state index contributed by atoms with van der Waals surface area (Å²) in [7, 11) is 0. The number of aromatic nitrogens is 1. The second-order valence-corrected chi connectivity index (χ2v) is 6.55. The van der Waals surface area contributed by atoms with Gasteiger partial charge in [0.15, 0.2) is 5.96 Å². The SMILES string of the molecule is Cc1cccc(NC(N)=NCc2ccnc(Oc3ccc(C)c(C)c3)c2)c1.I. The molecule has 1 heterocycles. The maximum absolute atomic E-state index is 5.99. The van der Waals surface area contributed by atoms with Crippen molar-refractivity contribution in [1.29, 1.82) is 0 Å². The van der Waals surface area contributed by atoms with Crippen LogP contribution in [0.1, 0.15) is 22.3 Å². The van der Waals surface area contributed by atoms with Crippen molar-refractivity contribution in [3.05, 3.63) is 83.0 Å². The molecule has 3 N–H and O–H groups in total. The van der Waals surface area contributed by atoms with Gasteiger partial charge in [-0.1, -0.05) is 18.2 Å². The van der Waals surface area contributed by atoms with Gasteiger partial charge in [0.05, 0.1) is 6.54 Å². The van der Waals surface area contributed by atoms with Gasteiger partial charge in [0.2, 0.25) is 5.88 Å². The standard InChI is InChI=1S/C22H24N4O.HI/c1-15-5-4-6-19(11-15)26-22(23)25-14-18-9-10-24-21(13-18)27-20-8-7-16(2)17(3)12-20;/h4-13H,14H2,1-3H3,(H3,23,25,26);1H. The van der Waals surface area contributed by atoms with Crippen LogP contribution in [0.5, 0.6) is 11.6 Å². The van der Waals surface area contributed by atoms with E-state index in [1.54, 1.807) is 6.20 Å². The number of guanidine groups is 1. The normalized spacial score (nSPS) is 10.9. The highest BCUT2D eigenvalue weighted by Gasteiger charge is 2.03.